The predicted molar refractivity (Wildman–Crippen MR) is 113 cm³/mol. The highest BCUT2D eigenvalue weighted by Crippen LogP contribution is 2.45. The minimum absolute atomic E-state index is 0.0231. The molecule has 2 aromatic carbocycles. The fourth-order valence-corrected chi connectivity index (χ4v) is 4.62. The quantitative estimate of drug-likeness (QED) is 0.656. The largest absolute Gasteiger partial charge is 0.497 e. The van der Waals surface area contributed by atoms with Gasteiger partial charge in [0.05, 0.1) is 24.8 Å². The Morgan fingerprint density at radius 2 is 1.90 bits per heavy atom. The zero-order chi connectivity index (χ0) is 20.5. The van der Waals surface area contributed by atoms with Crippen LogP contribution < -0.4 is 15.4 Å². The van der Waals surface area contributed by atoms with Crippen molar-refractivity contribution in [3.05, 3.63) is 71.0 Å². The number of nitrogens with one attached hydrogen (secondary N) is 2. The van der Waals surface area contributed by atoms with Crippen LogP contribution >= 0.6 is 11.6 Å². The van der Waals surface area contributed by atoms with Crippen molar-refractivity contribution in [3.8, 4) is 5.75 Å². The first kappa shape index (κ1) is 19.8. The van der Waals surface area contributed by atoms with Gasteiger partial charge in [0.1, 0.15) is 11.6 Å². The Bertz CT molecular complexity index is 931. The van der Waals surface area contributed by atoms with Gasteiger partial charge in [-0.05, 0) is 61.1 Å². The fraction of sp³-hybridized carbons (Fsp3) is 0.348. The van der Waals surface area contributed by atoms with Gasteiger partial charge in [-0.2, -0.15) is 0 Å². The number of fused-ring (bicyclic) bond motifs is 2. The molecular formula is C23H24ClFN2O2. The summed E-state index contributed by atoms with van der Waals surface area (Å²) in [6.07, 6.45) is 5.13. The Balaban J connectivity index is 1.50. The number of allylic oxidation sites excluding steroid dienone is 1. The van der Waals surface area contributed by atoms with Gasteiger partial charge in [0.15, 0.2) is 0 Å². The van der Waals surface area contributed by atoms with Crippen molar-refractivity contribution in [1.82, 2.24) is 5.32 Å². The molecule has 2 aliphatic rings. The summed E-state index contributed by atoms with van der Waals surface area (Å²) in [5.74, 6) is 0.479. The maximum Gasteiger partial charge on any atom is 0.226 e. The predicted octanol–water partition coefficient (Wildman–Crippen LogP) is 4.97. The lowest BCUT2D eigenvalue weighted by Gasteiger charge is -2.30. The van der Waals surface area contributed by atoms with Gasteiger partial charge in [0.2, 0.25) is 5.91 Å². The average molecular weight is 415 g/mol. The molecule has 6 heteroatoms. The molecule has 0 saturated heterocycles. The molecule has 5 atom stereocenters. The summed E-state index contributed by atoms with van der Waals surface area (Å²) < 4.78 is 19.4. The van der Waals surface area contributed by atoms with Crippen LogP contribution in [0.25, 0.3) is 0 Å². The number of halogens is 2. The van der Waals surface area contributed by atoms with E-state index in [1.807, 2.05) is 31.2 Å². The van der Waals surface area contributed by atoms with Crippen molar-refractivity contribution in [2.24, 2.45) is 17.8 Å². The van der Waals surface area contributed by atoms with Crippen LogP contribution in [0.4, 0.5) is 10.1 Å². The standard InChI is InChI=1S/C23H24ClFN2O2/c1-13(14-5-8-18(29-2)9-6-14)26-23(28)21-15-3-4-16(11-15)22(21)27-20-12-17(24)7-10-19(20)25/h3-10,12-13,15-16,21-22,27H,11H2,1-2H3,(H,26,28)/t13-,15-,16+,21-,22+/m1/s1. The molecule has 29 heavy (non-hydrogen) atoms. The Morgan fingerprint density at radius 3 is 2.62 bits per heavy atom. The third kappa shape index (κ3) is 3.97. The molecule has 4 nitrogen and oxygen atoms in total. The number of carbonyl (C=O) groups excluding carboxylic acids is 1. The van der Waals surface area contributed by atoms with Crippen LogP contribution in [0, 0.1) is 23.6 Å². The molecule has 1 fully saturated rings. The highest BCUT2D eigenvalue weighted by molar-refractivity contribution is 6.30. The number of hydrogen-bond acceptors (Lipinski definition) is 3. The second-order valence-electron chi connectivity index (χ2n) is 7.77. The summed E-state index contributed by atoms with van der Waals surface area (Å²) >= 11 is 6.03. The van der Waals surface area contributed by atoms with Gasteiger partial charge in [-0.25, -0.2) is 4.39 Å². The van der Waals surface area contributed by atoms with Crippen LogP contribution in [0.15, 0.2) is 54.6 Å². The summed E-state index contributed by atoms with van der Waals surface area (Å²) in [5, 5.41) is 6.84. The van der Waals surface area contributed by atoms with Crippen molar-refractivity contribution < 1.29 is 13.9 Å². The van der Waals surface area contributed by atoms with E-state index in [2.05, 4.69) is 22.8 Å². The fourth-order valence-electron chi connectivity index (χ4n) is 4.45. The normalized spacial score (nSPS) is 25.7. The van der Waals surface area contributed by atoms with E-state index in [1.54, 1.807) is 13.2 Å². The first-order valence-corrected chi connectivity index (χ1v) is 10.2. The molecule has 1 saturated carbocycles. The molecule has 0 aromatic heterocycles. The van der Waals surface area contributed by atoms with Gasteiger partial charge >= 0.3 is 0 Å². The molecule has 0 aliphatic heterocycles. The first-order chi connectivity index (χ1) is 14.0. The lowest BCUT2D eigenvalue weighted by Crippen LogP contribution is -2.44. The van der Waals surface area contributed by atoms with Gasteiger partial charge in [-0.15, -0.1) is 0 Å². The van der Waals surface area contributed by atoms with E-state index >= 15 is 0 Å². The summed E-state index contributed by atoms with van der Waals surface area (Å²) in [5.41, 5.74) is 1.34. The van der Waals surface area contributed by atoms with Crippen LogP contribution in [0.3, 0.4) is 0 Å². The highest BCUT2D eigenvalue weighted by atomic mass is 35.5. The van der Waals surface area contributed by atoms with Gasteiger partial charge in [-0.3, -0.25) is 4.79 Å². The first-order valence-electron chi connectivity index (χ1n) is 9.80. The minimum Gasteiger partial charge on any atom is -0.497 e. The third-order valence-corrected chi connectivity index (χ3v) is 6.22. The van der Waals surface area contributed by atoms with Crippen molar-refractivity contribution in [2.45, 2.75) is 25.4 Å². The van der Waals surface area contributed by atoms with Gasteiger partial charge in [-0.1, -0.05) is 35.9 Å². The van der Waals surface area contributed by atoms with Crippen LogP contribution in [-0.4, -0.2) is 19.1 Å². The second kappa shape index (κ2) is 8.07. The zero-order valence-corrected chi connectivity index (χ0v) is 17.1. The zero-order valence-electron chi connectivity index (χ0n) is 16.4. The third-order valence-electron chi connectivity index (χ3n) is 5.99. The molecule has 1 amide bonds. The number of amides is 1. The van der Waals surface area contributed by atoms with E-state index in [9.17, 15) is 9.18 Å². The van der Waals surface area contributed by atoms with Gasteiger partial charge in [0.25, 0.3) is 0 Å². The molecule has 2 N–H and O–H groups in total. The SMILES string of the molecule is COc1ccc([C@@H](C)NC(=O)[C@H]2[C@@H](Nc3cc(Cl)ccc3F)[C@H]3C=C[C@@H]2C3)cc1. The average Bonchev–Trinajstić information content (AvgIpc) is 3.32. The van der Waals surface area contributed by atoms with E-state index in [4.69, 9.17) is 16.3 Å². The van der Waals surface area contributed by atoms with Crippen LogP contribution in [0.5, 0.6) is 5.75 Å². The van der Waals surface area contributed by atoms with E-state index in [-0.39, 0.29) is 41.6 Å². The molecule has 2 aromatic rings. The number of benzene rings is 2. The van der Waals surface area contributed by atoms with Crippen LogP contribution in [0.2, 0.25) is 5.02 Å². The molecule has 0 radical (unpaired) electrons. The summed E-state index contributed by atoms with van der Waals surface area (Å²) in [6, 6.07) is 11.8. The van der Waals surface area contributed by atoms with E-state index < -0.39 is 0 Å². The molecule has 0 unspecified atom stereocenters. The Kier molecular flexibility index (Phi) is 5.50. The summed E-state index contributed by atoms with van der Waals surface area (Å²) in [6.45, 7) is 1.96. The van der Waals surface area contributed by atoms with Crippen molar-refractivity contribution >= 4 is 23.2 Å². The number of carbonyl (C=O) groups is 1. The van der Waals surface area contributed by atoms with Crippen molar-refractivity contribution in [1.29, 1.82) is 0 Å². The summed E-state index contributed by atoms with van der Waals surface area (Å²) in [7, 11) is 1.62. The second-order valence-corrected chi connectivity index (χ2v) is 8.21. The molecule has 0 heterocycles. The topological polar surface area (TPSA) is 50.4 Å². The number of methoxy groups -OCH3 is 1. The monoisotopic (exact) mass is 414 g/mol. The van der Waals surface area contributed by atoms with Gasteiger partial charge in [0, 0.05) is 11.1 Å². The molecular weight excluding hydrogens is 391 g/mol. The van der Waals surface area contributed by atoms with Crippen LogP contribution in [0.1, 0.15) is 24.9 Å². The number of ether oxygens (including phenoxy) is 1. The number of anilines is 1. The molecule has 2 bridgehead atoms. The lowest BCUT2D eigenvalue weighted by molar-refractivity contribution is -0.126. The van der Waals surface area contributed by atoms with E-state index in [0.717, 1.165) is 17.7 Å². The van der Waals surface area contributed by atoms with E-state index in [1.165, 1.54) is 12.1 Å². The van der Waals surface area contributed by atoms with Crippen molar-refractivity contribution in [3.63, 3.8) is 0 Å². The minimum atomic E-state index is -0.369. The molecule has 0 spiro atoms. The Morgan fingerprint density at radius 1 is 1.17 bits per heavy atom. The number of hydrogen-bond donors (Lipinski definition) is 2. The molecule has 152 valence electrons. The maximum atomic E-state index is 14.2. The van der Waals surface area contributed by atoms with Crippen molar-refractivity contribution in [2.75, 3.05) is 12.4 Å². The Hall–Kier alpha value is -2.53. The molecule has 4 rings (SSSR count). The summed E-state index contributed by atoms with van der Waals surface area (Å²) in [4.78, 5) is 13.2. The maximum absolute atomic E-state index is 14.2. The number of rotatable bonds is 6. The van der Waals surface area contributed by atoms with E-state index in [0.29, 0.717) is 10.7 Å². The molecule has 2 aliphatic carbocycles. The Labute approximate surface area is 175 Å². The smallest absolute Gasteiger partial charge is 0.226 e. The lowest BCUT2D eigenvalue weighted by atomic mass is 9.87. The van der Waals surface area contributed by atoms with Gasteiger partial charge < -0.3 is 15.4 Å². The highest BCUT2D eigenvalue weighted by Gasteiger charge is 2.48. The van der Waals surface area contributed by atoms with Crippen LogP contribution in [-0.2, 0) is 4.79 Å².